The van der Waals surface area contributed by atoms with E-state index in [1.807, 2.05) is 6.07 Å². The number of ether oxygens (including phenoxy) is 1. The highest BCUT2D eigenvalue weighted by Crippen LogP contribution is 2.24. The fourth-order valence-corrected chi connectivity index (χ4v) is 3.36. The SMILES string of the molecule is CN(C)C(=O)CSc1ccccc1C(=O)OCC(=O)Nc1ccc(C#N)c(Cl)c1. The number of amides is 2. The van der Waals surface area contributed by atoms with Gasteiger partial charge < -0.3 is 15.0 Å². The van der Waals surface area contributed by atoms with Gasteiger partial charge >= 0.3 is 5.97 Å². The number of nitrogens with one attached hydrogen (secondary N) is 1. The lowest BCUT2D eigenvalue weighted by molar-refractivity contribution is -0.125. The summed E-state index contributed by atoms with van der Waals surface area (Å²) < 4.78 is 5.09. The van der Waals surface area contributed by atoms with Crippen LogP contribution in [0.4, 0.5) is 5.69 Å². The maximum Gasteiger partial charge on any atom is 0.339 e. The minimum atomic E-state index is -0.668. The van der Waals surface area contributed by atoms with Gasteiger partial charge in [0.2, 0.25) is 5.91 Å². The molecule has 2 rings (SSSR count). The zero-order valence-corrected chi connectivity index (χ0v) is 17.3. The third kappa shape index (κ3) is 6.52. The summed E-state index contributed by atoms with van der Waals surface area (Å²) in [5.74, 6) is -1.12. The molecule has 2 amide bonds. The van der Waals surface area contributed by atoms with Gasteiger partial charge in [-0.1, -0.05) is 23.7 Å². The van der Waals surface area contributed by atoms with Gasteiger partial charge in [-0.25, -0.2) is 4.79 Å². The van der Waals surface area contributed by atoms with Crippen molar-refractivity contribution in [3.63, 3.8) is 0 Å². The lowest BCUT2D eigenvalue weighted by Gasteiger charge is -2.12. The Morgan fingerprint density at radius 3 is 2.59 bits per heavy atom. The van der Waals surface area contributed by atoms with E-state index in [2.05, 4.69) is 5.32 Å². The summed E-state index contributed by atoms with van der Waals surface area (Å²) in [6.45, 7) is -0.494. The van der Waals surface area contributed by atoms with E-state index in [-0.39, 0.29) is 27.8 Å². The van der Waals surface area contributed by atoms with Crippen LogP contribution in [0.1, 0.15) is 15.9 Å². The standard InChI is InChI=1S/C20H18ClN3O4S/c1-24(2)19(26)12-29-17-6-4-3-5-15(17)20(27)28-11-18(25)23-14-8-7-13(10-22)16(21)9-14/h3-9H,11-12H2,1-2H3,(H,23,25). The first-order valence-corrected chi connectivity index (χ1v) is 9.76. The third-order valence-electron chi connectivity index (χ3n) is 3.66. The van der Waals surface area contributed by atoms with E-state index in [1.165, 1.54) is 34.9 Å². The summed E-state index contributed by atoms with van der Waals surface area (Å²) in [5, 5.41) is 11.6. The number of esters is 1. The summed E-state index contributed by atoms with van der Waals surface area (Å²) in [7, 11) is 3.31. The predicted molar refractivity (Wildman–Crippen MR) is 111 cm³/mol. The van der Waals surface area contributed by atoms with Crippen molar-refractivity contribution < 1.29 is 19.1 Å². The zero-order valence-electron chi connectivity index (χ0n) is 15.8. The molecule has 0 radical (unpaired) electrons. The fraction of sp³-hybridized carbons (Fsp3) is 0.200. The molecule has 7 nitrogen and oxygen atoms in total. The normalized spacial score (nSPS) is 10.0. The first-order chi connectivity index (χ1) is 13.8. The summed E-state index contributed by atoms with van der Waals surface area (Å²) in [6.07, 6.45) is 0. The number of thioether (sulfide) groups is 1. The molecule has 0 fully saturated rings. The third-order valence-corrected chi connectivity index (χ3v) is 5.04. The minimum Gasteiger partial charge on any atom is -0.452 e. The van der Waals surface area contributed by atoms with Crippen LogP contribution in [0.2, 0.25) is 5.02 Å². The van der Waals surface area contributed by atoms with Gasteiger partial charge in [-0.3, -0.25) is 9.59 Å². The molecule has 0 aliphatic rings. The van der Waals surface area contributed by atoms with Crippen LogP contribution in [0.5, 0.6) is 0 Å². The Labute approximate surface area is 177 Å². The molecule has 1 N–H and O–H groups in total. The van der Waals surface area contributed by atoms with Crippen molar-refractivity contribution in [1.29, 1.82) is 5.26 Å². The van der Waals surface area contributed by atoms with Gasteiger partial charge in [0, 0.05) is 24.7 Å². The molecule has 2 aromatic carbocycles. The number of hydrogen-bond donors (Lipinski definition) is 1. The summed E-state index contributed by atoms with van der Waals surface area (Å²) in [5.41, 5.74) is 0.949. The summed E-state index contributed by atoms with van der Waals surface area (Å²) >= 11 is 7.14. The quantitative estimate of drug-likeness (QED) is 0.533. The van der Waals surface area contributed by atoms with E-state index < -0.39 is 18.5 Å². The van der Waals surface area contributed by atoms with E-state index in [4.69, 9.17) is 21.6 Å². The Morgan fingerprint density at radius 1 is 1.21 bits per heavy atom. The molecule has 2 aromatic rings. The zero-order chi connectivity index (χ0) is 21.4. The van der Waals surface area contributed by atoms with Crippen LogP contribution in [0.25, 0.3) is 0 Å². The molecular weight excluding hydrogens is 414 g/mol. The molecule has 0 aliphatic carbocycles. The van der Waals surface area contributed by atoms with Gasteiger partial charge in [-0.15, -0.1) is 11.8 Å². The second-order valence-electron chi connectivity index (χ2n) is 6.00. The van der Waals surface area contributed by atoms with E-state index >= 15 is 0 Å². The number of carbonyl (C=O) groups excluding carboxylic acids is 3. The van der Waals surface area contributed by atoms with E-state index in [0.29, 0.717) is 10.6 Å². The van der Waals surface area contributed by atoms with Crippen LogP contribution < -0.4 is 5.32 Å². The highest BCUT2D eigenvalue weighted by atomic mass is 35.5. The van der Waals surface area contributed by atoms with Gasteiger partial charge in [-0.05, 0) is 30.3 Å². The molecule has 0 unspecified atom stereocenters. The first-order valence-electron chi connectivity index (χ1n) is 8.40. The van der Waals surface area contributed by atoms with Crippen molar-refractivity contribution in [3.05, 3.63) is 58.6 Å². The number of rotatable bonds is 7. The van der Waals surface area contributed by atoms with Crippen LogP contribution >= 0.6 is 23.4 Å². The fourth-order valence-electron chi connectivity index (χ4n) is 2.12. The highest BCUT2D eigenvalue weighted by Gasteiger charge is 2.16. The Hall–Kier alpha value is -3.02. The molecule has 0 spiro atoms. The van der Waals surface area contributed by atoms with Crippen molar-refractivity contribution in [1.82, 2.24) is 4.90 Å². The first kappa shape index (κ1) is 22.3. The van der Waals surface area contributed by atoms with E-state index in [9.17, 15) is 14.4 Å². The van der Waals surface area contributed by atoms with Crippen LogP contribution in [0, 0.1) is 11.3 Å². The largest absolute Gasteiger partial charge is 0.452 e. The Morgan fingerprint density at radius 2 is 1.93 bits per heavy atom. The van der Waals surface area contributed by atoms with Crippen LogP contribution in [0.15, 0.2) is 47.4 Å². The van der Waals surface area contributed by atoms with E-state index in [0.717, 1.165) is 0 Å². The summed E-state index contributed by atoms with van der Waals surface area (Å²) in [4.78, 5) is 38.2. The predicted octanol–water partition coefficient (Wildman–Crippen LogP) is 3.19. The van der Waals surface area contributed by atoms with Crippen molar-refractivity contribution in [2.45, 2.75) is 4.90 Å². The lowest BCUT2D eigenvalue weighted by atomic mass is 10.2. The number of benzene rings is 2. The average Bonchev–Trinajstić information content (AvgIpc) is 2.70. The van der Waals surface area contributed by atoms with Crippen molar-refractivity contribution in [3.8, 4) is 6.07 Å². The topological polar surface area (TPSA) is 99.5 Å². The number of carbonyl (C=O) groups is 3. The minimum absolute atomic E-state index is 0.0846. The van der Waals surface area contributed by atoms with Gasteiger partial charge in [0.05, 0.1) is 21.9 Å². The Bertz CT molecular complexity index is 972. The number of halogens is 1. The second kappa shape index (κ2) is 10.5. The number of nitriles is 1. The molecule has 9 heteroatoms. The van der Waals surface area contributed by atoms with Crippen molar-refractivity contribution in [2.24, 2.45) is 0 Å². The lowest BCUT2D eigenvalue weighted by Crippen LogP contribution is -2.23. The molecule has 150 valence electrons. The summed E-state index contributed by atoms with van der Waals surface area (Å²) in [6, 6.07) is 13.1. The highest BCUT2D eigenvalue weighted by molar-refractivity contribution is 8.00. The van der Waals surface area contributed by atoms with Gasteiger partial charge in [0.15, 0.2) is 6.61 Å². The van der Waals surface area contributed by atoms with E-state index in [1.54, 1.807) is 38.4 Å². The maximum absolute atomic E-state index is 12.4. The van der Waals surface area contributed by atoms with Gasteiger partial charge in [0.25, 0.3) is 5.91 Å². The van der Waals surface area contributed by atoms with Crippen molar-refractivity contribution in [2.75, 3.05) is 31.8 Å². The average molecular weight is 432 g/mol. The monoisotopic (exact) mass is 431 g/mol. The number of hydrogen-bond acceptors (Lipinski definition) is 6. The second-order valence-corrected chi connectivity index (χ2v) is 7.43. The molecule has 29 heavy (non-hydrogen) atoms. The maximum atomic E-state index is 12.4. The van der Waals surface area contributed by atoms with Gasteiger partial charge in [0.1, 0.15) is 6.07 Å². The van der Waals surface area contributed by atoms with Crippen LogP contribution in [0.3, 0.4) is 0 Å². The molecule has 0 bridgehead atoms. The Balaban J connectivity index is 1.95. The molecule has 0 aliphatic heterocycles. The van der Waals surface area contributed by atoms with Gasteiger partial charge in [-0.2, -0.15) is 5.26 Å². The Kier molecular flexibility index (Phi) is 8.07. The molecule has 0 saturated carbocycles. The van der Waals surface area contributed by atoms with Crippen LogP contribution in [-0.2, 0) is 14.3 Å². The van der Waals surface area contributed by atoms with Crippen molar-refractivity contribution >= 4 is 46.8 Å². The molecule has 0 aromatic heterocycles. The number of nitrogens with zero attached hydrogens (tertiary/aromatic N) is 2. The molecule has 0 saturated heterocycles. The number of anilines is 1. The molecular formula is C20H18ClN3O4S. The molecule has 0 heterocycles. The van der Waals surface area contributed by atoms with Crippen LogP contribution in [-0.4, -0.2) is 49.1 Å². The smallest absolute Gasteiger partial charge is 0.339 e. The molecule has 0 atom stereocenters.